The maximum atomic E-state index is 11.9. The molecular weight excluding hydrogens is 209 g/mol. The topological polar surface area (TPSA) is 35.5 Å². The first-order valence-electron chi connectivity index (χ1n) is 5.07. The Morgan fingerprint density at radius 1 is 1.53 bits per heavy atom. The number of halogens is 3. The monoisotopic (exact) mass is 226 g/mol. The second-order valence-corrected chi connectivity index (χ2v) is 3.99. The molecule has 1 saturated heterocycles. The van der Waals surface area contributed by atoms with Crippen molar-refractivity contribution >= 4 is 0 Å². The zero-order valence-corrected chi connectivity index (χ0v) is 8.72. The molecular formula is C9H17F3N2O. The molecule has 0 aromatic rings. The average Bonchev–Trinajstić information content (AvgIpc) is 2.50. The molecule has 0 aliphatic carbocycles. The van der Waals surface area contributed by atoms with Gasteiger partial charge in [-0.25, -0.2) is 0 Å². The van der Waals surface area contributed by atoms with Crippen LogP contribution in [0, 0.1) is 0 Å². The number of hydrogen-bond donors (Lipinski definition) is 2. The smallest absolute Gasteiger partial charge is 0.382 e. The molecule has 0 aromatic carbocycles. The summed E-state index contributed by atoms with van der Waals surface area (Å²) in [7, 11) is 1.96. The van der Waals surface area contributed by atoms with Crippen LogP contribution in [0.1, 0.15) is 12.8 Å². The fraction of sp³-hybridized carbons (Fsp3) is 1.00. The second kappa shape index (κ2) is 5.14. The number of likely N-dealkylation sites (N-methyl/N-ethyl adjacent to an activating group) is 1. The van der Waals surface area contributed by atoms with Gasteiger partial charge in [0.15, 0.2) is 6.10 Å². The Labute approximate surface area is 87.3 Å². The van der Waals surface area contributed by atoms with Crippen LogP contribution in [0.2, 0.25) is 0 Å². The Morgan fingerprint density at radius 3 is 2.67 bits per heavy atom. The van der Waals surface area contributed by atoms with Gasteiger partial charge in [-0.2, -0.15) is 13.2 Å². The molecule has 6 heteroatoms. The van der Waals surface area contributed by atoms with Crippen LogP contribution in [0.25, 0.3) is 0 Å². The molecule has 0 radical (unpaired) electrons. The van der Waals surface area contributed by atoms with Crippen molar-refractivity contribution in [3.05, 3.63) is 0 Å². The lowest BCUT2D eigenvalue weighted by Gasteiger charge is -2.21. The van der Waals surface area contributed by atoms with E-state index in [0.29, 0.717) is 12.6 Å². The summed E-state index contributed by atoms with van der Waals surface area (Å²) in [5.74, 6) is 0. The first-order chi connectivity index (χ1) is 6.91. The Balaban J connectivity index is 2.16. The van der Waals surface area contributed by atoms with Crippen molar-refractivity contribution in [3.63, 3.8) is 0 Å². The molecule has 2 atom stereocenters. The molecule has 2 N–H and O–H groups in total. The summed E-state index contributed by atoms with van der Waals surface area (Å²) in [6.45, 7) is 1.08. The molecule has 3 nitrogen and oxygen atoms in total. The van der Waals surface area contributed by atoms with Crippen LogP contribution >= 0.6 is 0 Å². The van der Waals surface area contributed by atoms with Crippen LogP contribution in [0.15, 0.2) is 0 Å². The molecule has 0 aromatic heterocycles. The molecule has 0 bridgehead atoms. The summed E-state index contributed by atoms with van der Waals surface area (Å²) < 4.78 is 35.8. The summed E-state index contributed by atoms with van der Waals surface area (Å²) in [6, 6.07) is 0.297. The number of hydrogen-bond acceptors (Lipinski definition) is 3. The number of nitrogens with one attached hydrogen (secondary N) is 1. The molecule has 1 rings (SSSR count). The van der Waals surface area contributed by atoms with E-state index in [2.05, 4.69) is 10.2 Å². The zero-order chi connectivity index (χ0) is 11.5. The van der Waals surface area contributed by atoms with Crippen molar-refractivity contribution in [2.45, 2.75) is 31.2 Å². The van der Waals surface area contributed by atoms with E-state index in [1.165, 1.54) is 0 Å². The van der Waals surface area contributed by atoms with Crippen LogP contribution < -0.4 is 5.32 Å². The largest absolute Gasteiger partial charge is 0.415 e. The minimum atomic E-state index is -4.52. The van der Waals surface area contributed by atoms with Crippen molar-refractivity contribution in [1.29, 1.82) is 0 Å². The fourth-order valence-corrected chi connectivity index (χ4v) is 1.74. The minimum Gasteiger partial charge on any atom is -0.382 e. The fourth-order valence-electron chi connectivity index (χ4n) is 1.74. The van der Waals surface area contributed by atoms with Gasteiger partial charge in [0.25, 0.3) is 0 Å². The molecule has 1 aliphatic rings. The van der Waals surface area contributed by atoms with Gasteiger partial charge in [-0.1, -0.05) is 0 Å². The lowest BCUT2D eigenvalue weighted by Crippen LogP contribution is -2.43. The molecule has 2 unspecified atom stereocenters. The Morgan fingerprint density at radius 2 is 2.20 bits per heavy atom. The predicted octanol–water partition coefficient (Wildman–Crippen LogP) is 0.593. The lowest BCUT2D eigenvalue weighted by molar-refractivity contribution is -0.201. The molecule has 15 heavy (non-hydrogen) atoms. The van der Waals surface area contributed by atoms with Gasteiger partial charge in [-0.3, -0.25) is 0 Å². The van der Waals surface area contributed by atoms with Crippen molar-refractivity contribution in [2.75, 3.05) is 26.7 Å². The normalized spacial score (nSPS) is 25.8. The van der Waals surface area contributed by atoms with E-state index in [4.69, 9.17) is 5.11 Å². The lowest BCUT2D eigenvalue weighted by atomic mass is 10.2. The van der Waals surface area contributed by atoms with E-state index in [9.17, 15) is 13.2 Å². The van der Waals surface area contributed by atoms with Gasteiger partial charge >= 0.3 is 6.18 Å². The zero-order valence-electron chi connectivity index (χ0n) is 8.72. The standard InChI is InChI=1S/C9H17F3N2O/c1-14-4-2-3-7(14)5-13-6-8(15)9(10,11)12/h7-8,13,15H,2-6H2,1H3. The summed E-state index contributed by atoms with van der Waals surface area (Å²) in [5, 5.41) is 11.4. The third-order valence-electron chi connectivity index (χ3n) is 2.77. The number of alkyl halides is 3. The van der Waals surface area contributed by atoms with Gasteiger partial charge in [0, 0.05) is 19.1 Å². The molecule has 0 spiro atoms. The van der Waals surface area contributed by atoms with Crippen molar-refractivity contribution < 1.29 is 18.3 Å². The van der Waals surface area contributed by atoms with Gasteiger partial charge in [0.1, 0.15) is 0 Å². The van der Waals surface area contributed by atoms with E-state index in [-0.39, 0.29) is 0 Å². The third kappa shape index (κ3) is 3.96. The molecule has 0 saturated carbocycles. The SMILES string of the molecule is CN1CCCC1CNCC(O)C(F)(F)F. The number of aliphatic hydroxyl groups is 1. The van der Waals surface area contributed by atoms with Gasteiger partial charge in [0.05, 0.1) is 0 Å². The Hall–Kier alpha value is -0.330. The van der Waals surface area contributed by atoms with E-state index >= 15 is 0 Å². The quantitative estimate of drug-likeness (QED) is 0.736. The minimum absolute atomic E-state index is 0.297. The first kappa shape index (κ1) is 12.7. The van der Waals surface area contributed by atoms with E-state index in [1.54, 1.807) is 0 Å². The van der Waals surface area contributed by atoms with Crippen molar-refractivity contribution in [3.8, 4) is 0 Å². The van der Waals surface area contributed by atoms with Gasteiger partial charge < -0.3 is 15.3 Å². The van der Waals surface area contributed by atoms with E-state index in [0.717, 1.165) is 19.4 Å². The summed E-state index contributed by atoms with van der Waals surface area (Å²) in [4.78, 5) is 2.12. The van der Waals surface area contributed by atoms with Gasteiger partial charge in [0.2, 0.25) is 0 Å². The highest BCUT2D eigenvalue weighted by Gasteiger charge is 2.37. The summed E-state index contributed by atoms with van der Waals surface area (Å²) in [6.07, 6.45) is -4.69. The molecule has 1 fully saturated rings. The Kier molecular flexibility index (Phi) is 4.36. The van der Waals surface area contributed by atoms with Crippen LogP contribution in [-0.4, -0.2) is 55.0 Å². The number of rotatable bonds is 4. The predicted molar refractivity (Wildman–Crippen MR) is 50.6 cm³/mol. The Bertz CT molecular complexity index is 196. The maximum absolute atomic E-state index is 11.9. The third-order valence-corrected chi connectivity index (χ3v) is 2.77. The number of aliphatic hydroxyl groups excluding tert-OH is 1. The second-order valence-electron chi connectivity index (χ2n) is 3.99. The highest BCUT2D eigenvalue weighted by Crippen LogP contribution is 2.19. The molecule has 0 amide bonds. The highest BCUT2D eigenvalue weighted by molar-refractivity contribution is 4.79. The van der Waals surface area contributed by atoms with Crippen LogP contribution in [0.3, 0.4) is 0 Å². The van der Waals surface area contributed by atoms with E-state index in [1.807, 2.05) is 7.05 Å². The van der Waals surface area contributed by atoms with Crippen LogP contribution in [0.4, 0.5) is 13.2 Å². The van der Waals surface area contributed by atoms with Gasteiger partial charge in [-0.05, 0) is 26.4 Å². The number of nitrogens with zero attached hydrogens (tertiary/aromatic N) is 1. The van der Waals surface area contributed by atoms with Crippen molar-refractivity contribution in [1.82, 2.24) is 10.2 Å². The average molecular weight is 226 g/mol. The van der Waals surface area contributed by atoms with E-state index < -0.39 is 18.8 Å². The summed E-state index contributed by atoms with van der Waals surface area (Å²) >= 11 is 0. The highest BCUT2D eigenvalue weighted by atomic mass is 19.4. The van der Waals surface area contributed by atoms with Crippen molar-refractivity contribution in [2.24, 2.45) is 0 Å². The molecule has 1 aliphatic heterocycles. The summed E-state index contributed by atoms with van der Waals surface area (Å²) in [5.41, 5.74) is 0. The van der Waals surface area contributed by atoms with Crippen LogP contribution in [-0.2, 0) is 0 Å². The van der Waals surface area contributed by atoms with Crippen LogP contribution in [0.5, 0.6) is 0 Å². The first-order valence-corrected chi connectivity index (χ1v) is 5.07. The molecule has 1 heterocycles. The number of likely N-dealkylation sites (tertiary alicyclic amines) is 1. The molecule has 90 valence electrons. The van der Waals surface area contributed by atoms with Gasteiger partial charge in [-0.15, -0.1) is 0 Å². The maximum Gasteiger partial charge on any atom is 0.415 e.